The summed E-state index contributed by atoms with van der Waals surface area (Å²) in [4.78, 5) is 9.22. The number of nitrogens with zero attached hydrogens (tertiary/aromatic N) is 2. The average Bonchev–Trinajstić information content (AvgIpc) is 2.66. The molecule has 21 heavy (non-hydrogen) atoms. The molecular weight excluding hydrogens is 262 g/mol. The summed E-state index contributed by atoms with van der Waals surface area (Å²) in [6.07, 6.45) is 6.49. The number of nitrogens with two attached hydrogens (primary N) is 1. The third kappa shape index (κ3) is 3.84. The van der Waals surface area contributed by atoms with E-state index in [2.05, 4.69) is 36.5 Å². The minimum absolute atomic E-state index is 0.282. The van der Waals surface area contributed by atoms with Crippen molar-refractivity contribution in [2.24, 2.45) is 11.8 Å². The maximum atomic E-state index is 5.61. The van der Waals surface area contributed by atoms with Crippen LogP contribution in [0.5, 0.6) is 0 Å². The fraction of sp³-hybridized carbons (Fsp3) is 0.750. The van der Waals surface area contributed by atoms with Gasteiger partial charge in [0.2, 0.25) is 0 Å². The maximum absolute atomic E-state index is 5.61. The molecule has 1 fully saturated rings. The lowest BCUT2D eigenvalue weighted by Gasteiger charge is -2.25. The summed E-state index contributed by atoms with van der Waals surface area (Å²) in [7, 11) is 0. The van der Waals surface area contributed by atoms with Gasteiger partial charge in [0, 0.05) is 17.5 Å². The van der Waals surface area contributed by atoms with Gasteiger partial charge in [-0.25, -0.2) is 15.8 Å². The van der Waals surface area contributed by atoms with E-state index in [1.807, 2.05) is 6.92 Å². The number of aromatic nitrogens is 2. The van der Waals surface area contributed by atoms with E-state index in [1.165, 1.54) is 32.1 Å². The predicted molar refractivity (Wildman–Crippen MR) is 88.3 cm³/mol. The zero-order valence-corrected chi connectivity index (χ0v) is 13.7. The summed E-state index contributed by atoms with van der Waals surface area (Å²) < 4.78 is 0. The Labute approximate surface area is 128 Å². The van der Waals surface area contributed by atoms with Crippen LogP contribution in [0, 0.1) is 12.8 Å². The molecule has 4 N–H and O–H groups in total. The van der Waals surface area contributed by atoms with Crippen molar-refractivity contribution < 1.29 is 0 Å². The summed E-state index contributed by atoms with van der Waals surface area (Å²) >= 11 is 0. The lowest BCUT2D eigenvalue weighted by Crippen LogP contribution is -2.28. The molecule has 0 aliphatic heterocycles. The standard InChI is InChI=1S/C16H29N5/c1-10(2)14-19-15(12(4)16(20-14)21-17)18-13-9-7-5-6-8-11(13)3/h10-11,13H,5-9,17H2,1-4H3,(H2,18,19,20,21). The molecule has 118 valence electrons. The number of hydrazine groups is 1. The Kier molecular flexibility index (Phi) is 5.39. The molecule has 0 saturated heterocycles. The van der Waals surface area contributed by atoms with E-state index in [1.54, 1.807) is 0 Å². The third-order valence-corrected chi connectivity index (χ3v) is 4.50. The van der Waals surface area contributed by atoms with Gasteiger partial charge in [-0.05, 0) is 25.7 Å². The lowest BCUT2D eigenvalue weighted by molar-refractivity contribution is 0.455. The van der Waals surface area contributed by atoms with Gasteiger partial charge in [-0.1, -0.05) is 40.0 Å². The molecule has 0 bridgehead atoms. The van der Waals surface area contributed by atoms with Gasteiger partial charge in [0.1, 0.15) is 17.5 Å². The Morgan fingerprint density at radius 2 is 1.76 bits per heavy atom. The van der Waals surface area contributed by atoms with Gasteiger partial charge in [0.05, 0.1) is 0 Å². The average molecular weight is 291 g/mol. The molecule has 5 heteroatoms. The van der Waals surface area contributed by atoms with Gasteiger partial charge in [-0.15, -0.1) is 0 Å². The molecular formula is C16H29N5. The fourth-order valence-corrected chi connectivity index (χ4v) is 2.96. The SMILES string of the molecule is Cc1c(NN)nc(C(C)C)nc1NC1CCCCCC1C. The van der Waals surface area contributed by atoms with Gasteiger partial charge in [-0.2, -0.15) is 0 Å². The number of rotatable bonds is 4. The molecule has 2 atom stereocenters. The summed E-state index contributed by atoms with van der Waals surface area (Å²) in [6, 6.07) is 0.492. The molecule has 0 amide bonds. The first-order valence-electron chi connectivity index (χ1n) is 8.14. The summed E-state index contributed by atoms with van der Waals surface area (Å²) in [5.41, 5.74) is 3.70. The van der Waals surface area contributed by atoms with Gasteiger partial charge >= 0.3 is 0 Å². The van der Waals surface area contributed by atoms with E-state index < -0.39 is 0 Å². The summed E-state index contributed by atoms with van der Waals surface area (Å²) in [6.45, 7) is 8.56. The summed E-state index contributed by atoms with van der Waals surface area (Å²) in [5, 5.41) is 3.66. The van der Waals surface area contributed by atoms with E-state index in [9.17, 15) is 0 Å². The Morgan fingerprint density at radius 3 is 2.43 bits per heavy atom. The number of anilines is 2. The first-order valence-corrected chi connectivity index (χ1v) is 8.14. The van der Waals surface area contributed by atoms with Crippen molar-refractivity contribution in [2.45, 2.75) is 71.8 Å². The Bertz CT molecular complexity index is 472. The quantitative estimate of drug-likeness (QED) is 0.449. The molecule has 1 aromatic heterocycles. The fourth-order valence-electron chi connectivity index (χ4n) is 2.96. The van der Waals surface area contributed by atoms with Crippen molar-refractivity contribution in [1.29, 1.82) is 0 Å². The predicted octanol–water partition coefficient (Wildman–Crippen LogP) is 3.57. The molecule has 2 unspecified atom stereocenters. The van der Waals surface area contributed by atoms with Crippen LogP contribution in [0.3, 0.4) is 0 Å². The van der Waals surface area contributed by atoms with Crippen LogP contribution in [0.15, 0.2) is 0 Å². The second-order valence-corrected chi connectivity index (χ2v) is 6.57. The van der Waals surface area contributed by atoms with Crippen LogP contribution in [-0.2, 0) is 0 Å². The van der Waals surface area contributed by atoms with Gasteiger partial charge in [0.15, 0.2) is 0 Å². The van der Waals surface area contributed by atoms with Crippen LogP contribution < -0.4 is 16.6 Å². The van der Waals surface area contributed by atoms with Crippen LogP contribution in [0.1, 0.15) is 70.2 Å². The van der Waals surface area contributed by atoms with Crippen molar-refractivity contribution in [3.05, 3.63) is 11.4 Å². The van der Waals surface area contributed by atoms with E-state index >= 15 is 0 Å². The van der Waals surface area contributed by atoms with Crippen LogP contribution in [0.2, 0.25) is 0 Å². The Morgan fingerprint density at radius 1 is 1.10 bits per heavy atom. The largest absolute Gasteiger partial charge is 0.367 e. The van der Waals surface area contributed by atoms with Crippen molar-refractivity contribution in [3.8, 4) is 0 Å². The molecule has 1 aliphatic rings. The topological polar surface area (TPSA) is 75.9 Å². The Hall–Kier alpha value is -1.36. The molecule has 1 heterocycles. The number of hydrogen-bond donors (Lipinski definition) is 3. The second-order valence-electron chi connectivity index (χ2n) is 6.57. The molecule has 0 radical (unpaired) electrons. The van der Waals surface area contributed by atoms with E-state index in [0.717, 1.165) is 23.0 Å². The highest BCUT2D eigenvalue weighted by Gasteiger charge is 2.22. The van der Waals surface area contributed by atoms with Gasteiger partial charge in [-0.3, -0.25) is 0 Å². The minimum Gasteiger partial charge on any atom is -0.367 e. The van der Waals surface area contributed by atoms with Gasteiger partial charge < -0.3 is 10.7 Å². The molecule has 5 nitrogen and oxygen atoms in total. The minimum atomic E-state index is 0.282. The zero-order valence-electron chi connectivity index (χ0n) is 13.7. The first kappa shape index (κ1) is 16.0. The molecule has 0 aromatic carbocycles. The van der Waals surface area contributed by atoms with Crippen LogP contribution in [-0.4, -0.2) is 16.0 Å². The molecule has 1 aliphatic carbocycles. The van der Waals surface area contributed by atoms with Crippen molar-refractivity contribution in [3.63, 3.8) is 0 Å². The third-order valence-electron chi connectivity index (χ3n) is 4.50. The lowest BCUT2D eigenvalue weighted by atomic mass is 9.97. The number of hydrogen-bond acceptors (Lipinski definition) is 5. The highest BCUT2D eigenvalue weighted by Crippen LogP contribution is 2.28. The normalized spacial score (nSPS) is 23.0. The summed E-state index contributed by atoms with van der Waals surface area (Å²) in [5.74, 6) is 9.05. The highest BCUT2D eigenvalue weighted by molar-refractivity contribution is 5.57. The molecule has 1 aromatic rings. The van der Waals surface area contributed by atoms with Crippen molar-refractivity contribution >= 4 is 11.6 Å². The van der Waals surface area contributed by atoms with Crippen molar-refractivity contribution in [2.75, 3.05) is 10.7 Å². The van der Waals surface area contributed by atoms with Crippen molar-refractivity contribution in [1.82, 2.24) is 9.97 Å². The second kappa shape index (κ2) is 7.07. The van der Waals surface area contributed by atoms with Crippen LogP contribution in [0.25, 0.3) is 0 Å². The van der Waals surface area contributed by atoms with E-state index in [0.29, 0.717) is 12.0 Å². The smallest absolute Gasteiger partial charge is 0.148 e. The van der Waals surface area contributed by atoms with Crippen LogP contribution in [0.4, 0.5) is 11.6 Å². The van der Waals surface area contributed by atoms with E-state index in [4.69, 9.17) is 10.8 Å². The number of nitrogens with one attached hydrogen (secondary N) is 2. The molecule has 1 saturated carbocycles. The monoisotopic (exact) mass is 291 g/mol. The number of nitrogen functional groups attached to an aromatic ring is 1. The molecule has 2 rings (SSSR count). The molecule has 0 spiro atoms. The Balaban J connectivity index is 2.27. The maximum Gasteiger partial charge on any atom is 0.148 e. The van der Waals surface area contributed by atoms with E-state index in [-0.39, 0.29) is 5.92 Å². The van der Waals surface area contributed by atoms with Crippen LogP contribution >= 0.6 is 0 Å². The first-order chi connectivity index (χ1) is 10.0. The highest BCUT2D eigenvalue weighted by atomic mass is 15.3. The van der Waals surface area contributed by atoms with Gasteiger partial charge in [0.25, 0.3) is 0 Å². The zero-order chi connectivity index (χ0) is 15.4.